The van der Waals surface area contributed by atoms with Crippen molar-refractivity contribution in [2.24, 2.45) is 5.92 Å². The van der Waals surface area contributed by atoms with Gasteiger partial charge in [-0.1, -0.05) is 38.0 Å². The highest BCUT2D eigenvalue weighted by Gasteiger charge is 2.13. The van der Waals surface area contributed by atoms with Crippen LogP contribution in [-0.4, -0.2) is 12.5 Å². The van der Waals surface area contributed by atoms with Crippen LogP contribution in [0.1, 0.15) is 51.4 Å². The molecule has 1 amide bonds. The summed E-state index contributed by atoms with van der Waals surface area (Å²) in [5.41, 5.74) is 0. The van der Waals surface area contributed by atoms with Crippen molar-refractivity contribution in [3.8, 4) is 12.3 Å². The van der Waals surface area contributed by atoms with E-state index in [1.165, 1.54) is 38.5 Å². The maximum absolute atomic E-state index is 11.2. The Balaban J connectivity index is 2.00. The second kappa shape index (κ2) is 7.34. The molecule has 2 nitrogen and oxygen atoms in total. The monoisotopic (exact) mass is 207 g/mol. The molecule has 1 fully saturated rings. The minimum absolute atomic E-state index is 0.101. The number of terminal acetylenes is 1. The smallest absolute Gasteiger partial charge is 0.220 e. The molecule has 0 spiro atoms. The number of hydrogen-bond acceptors (Lipinski definition) is 1. The third-order valence-electron chi connectivity index (χ3n) is 3.13. The summed E-state index contributed by atoms with van der Waals surface area (Å²) < 4.78 is 0. The Bertz CT molecular complexity index is 223. The summed E-state index contributed by atoms with van der Waals surface area (Å²) in [7, 11) is 0. The van der Waals surface area contributed by atoms with E-state index in [9.17, 15) is 4.79 Å². The van der Waals surface area contributed by atoms with Crippen LogP contribution < -0.4 is 5.32 Å². The molecular weight excluding hydrogens is 186 g/mol. The molecule has 0 radical (unpaired) electrons. The van der Waals surface area contributed by atoms with E-state index in [0.717, 1.165) is 12.3 Å². The van der Waals surface area contributed by atoms with Gasteiger partial charge in [0.1, 0.15) is 0 Å². The molecule has 1 N–H and O–H groups in total. The van der Waals surface area contributed by atoms with E-state index in [-0.39, 0.29) is 5.91 Å². The summed E-state index contributed by atoms with van der Waals surface area (Å²) in [5.74, 6) is 3.38. The standard InChI is InChI=1S/C13H21NO/c1-2-11-14-13(15)10-6-9-12-7-4-3-5-8-12/h1,12H,3-11H2,(H,14,15). The average Bonchev–Trinajstić information content (AvgIpc) is 2.28. The Hall–Kier alpha value is -0.970. The third kappa shape index (κ3) is 5.47. The van der Waals surface area contributed by atoms with E-state index in [2.05, 4.69) is 11.2 Å². The number of nitrogens with one attached hydrogen (secondary N) is 1. The summed E-state index contributed by atoms with van der Waals surface area (Å²) in [6.07, 6.45) is 14.8. The molecule has 0 aliphatic heterocycles. The maximum Gasteiger partial charge on any atom is 0.220 e. The highest BCUT2D eigenvalue weighted by molar-refractivity contribution is 5.76. The van der Waals surface area contributed by atoms with Gasteiger partial charge < -0.3 is 5.32 Å². The lowest BCUT2D eigenvalue weighted by atomic mass is 9.86. The molecule has 0 aromatic carbocycles. The van der Waals surface area contributed by atoms with Gasteiger partial charge in [0.2, 0.25) is 5.91 Å². The van der Waals surface area contributed by atoms with Crippen molar-refractivity contribution >= 4 is 5.91 Å². The van der Waals surface area contributed by atoms with E-state index in [4.69, 9.17) is 6.42 Å². The number of amides is 1. The van der Waals surface area contributed by atoms with E-state index in [0.29, 0.717) is 13.0 Å². The lowest BCUT2D eigenvalue weighted by molar-refractivity contribution is -0.121. The first-order valence-corrected chi connectivity index (χ1v) is 6.03. The predicted molar refractivity (Wildman–Crippen MR) is 62.3 cm³/mol. The summed E-state index contributed by atoms with van der Waals surface area (Å²) in [6, 6.07) is 0. The Kier molecular flexibility index (Phi) is 5.92. The van der Waals surface area contributed by atoms with Gasteiger partial charge in [-0.25, -0.2) is 0 Å². The number of carbonyl (C=O) groups is 1. The summed E-state index contributed by atoms with van der Waals surface area (Å²) in [5, 5.41) is 2.70. The molecule has 0 saturated heterocycles. The lowest BCUT2D eigenvalue weighted by Gasteiger charge is -2.20. The minimum Gasteiger partial charge on any atom is -0.345 e. The zero-order valence-electron chi connectivity index (χ0n) is 9.43. The van der Waals surface area contributed by atoms with Crippen LogP contribution >= 0.6 is 0 Å². The molecule has 1 aliphatic rings. The van der Waals surface area contributed by atoms with Gasteiger partial charge in [-0.15, -0.1) is 6.42 Å². The number of hydrogen-bond donors (Lipinski definition) is 1. The normalized spacial score (nSPS) is 17.0. The van der Waals surface area contributed by atoms with Crippen molar-refractivity contribution in [2.75, 3.05) is 6.54 Å². The van der Waals surface area contributed by atoms with Crippen LogP contribution in [0.4, 0.5) is 0 Å². The zero-order chi connectivity index (χ0) is 10.9. The third-order valence-corrected chi connectivity index (χ3v) is 3.13. The largest absolute Gasteiger partial charge is 0.345 e. The van der Waals surface area contributed by atoms with E-state index in [1.807, 2.05) is 0 Å². The van der Waals surface area contributed by atoms with Gasteiger partial charge in [-0.2, -0.15) is 0 Å². The van der Waals surface area contributed by atoms with Gasteiger partial charge in [-0.3, -0.25) is 4.79 Å². The fourth-order valence-electron chi connectivity index (χ4n) is 2.27. The Morgan fingerprint density at radius 1 is 1.33 bits per heavy atom. The zero-order valence-corrected chi connectivity index (χ0v) is 9.43. The van der Waals surface area contributed by atoms with Crippen LogP contribution in [0.5, 0.6) is 0 Å². The van der Waals surface area contributed by atoms with E-state index >= 15 is 0 Å². The molecular formula is C13H21NO. The SMILES string of the molecule is C#CCNC(=O)CCCC1CCCCC1. The van der Waals surface area contributed by atoms with Gasteiger partial charge >= 0.3 is 0 Å². The van der Waals surface area contributed by atoms with Crippen LogP contribution in [0.15, 0.2) is 0 Å². The summed E-state index contributed by atoms with van der Waals surface area (Å²) in [6.45, 7) is 0.363. The molecule has 1 saturated carbocycles. The fourth-order valence-corrected chi connectivity index (χ4v) is 2.27. The van der Waals surface area contributed by atoms with Crippen LogP contribution in [0, 0.1) is 18.3 Å². The molecule has 1 aliphatic carbocycles. The van der Waals surface area contributed by atoms with Crippen LogP contribution in [-0.2, 0) is 4.79 Å². The van der Waals surface area contributed by atoms with Crippen molar-refractivity contribution in [2.45, 2.75) is 51.4 Å². The van der Waals surface area contributed by atoms with E-state index < -0.39 is 0 Å². The summed E-state index contributed by atoms with van der Waals surface area (Å²) >= 11 is 0. The van der Waals surface area contributed by atoms with Crippen molar-refractivity contribution in [3.05, 3.63) is 0 Å². The van der Waals surface area contributed by atoms with E-state index in [1.54, 1.807) is 0 Å². The molecule has 15 heavy (non-hydrogen) atoms. The Labute approximate surface area is 92.8 Å². The fraction of sp³-hybridized carbons (Fsp3) is 0.769. The molecule has 0 aromatic rings. The second-order valence-corrected chi connectivity index (χ2v) is 4.38. The number of carbonyl (C=O) groups excluding carboxylic acids is 1. The van der Waals surface area contributed by atoms with Crippen molar-refractivity contribution in [3.63, 3.8) is 0 Å². The Morgan fingerprint density at radius 2 is 2.07 bits per heavy atom. The first-order chi connectivity index (χ1) is 7.33. The highest BCUT2D eigenvalue weighted by atomic mass is 16.1. The second-order valence-electron chi connectivity index (χ2n) is 4.38. The summed E-state index contributed by atoms with van der Waals surface area (Å²) in [4.78, 5) is 11.2. The molecule has 0 heterocycles. The van der Waals surface area contributed by atoms with Crippen LogP contribution in [0.3, 0.4) is 0 Å². The van der Waals surface area contributed by atoms with Gasteiger partial charge in [0.05, 0.1) is 6.54 Å². The number of rotatable bonds is 5. The molecule has 0 aromatic heterocycles. The molecule has 0 unspecified atom stereocenters. The van der Waals surface area contributed by atoms with Gasteiger partial charge in [-0.05, 0) is 18.8 Å². The first-order valence-electron chi connectivity index (χ1n) is 6.03. The lowest BCUT2D eigenvalue weighted by Crippen LogP contribution is -2.23. The van der Waals surface area contributed by atoms with Gasteiger partial charge in [0.25, 0.3) is 0 Å². The molecule has 0 bridgehead atoms. The van der Waals surface area contributed by atoms with Crippen molar-refractivity contribution in [1.82, 2.24) is 5.32 Å². The predicted octanol–water partition coefficient (Wildman–Crippen LogP) is 2.49. The molecule has 0 atom stereocenters. The average molecular weight is 207 g/mol. The topological polar surface area (TPSA) is 29.1 Å². The molecule has 1 rings (SSSR count). The highest BCUT2D eigenvalue weighted by Crippen LogP contribution is 2.27. The van der Waals surface area contributed by atoms with Gasteiger partial charge in [0, 0.05) is 6.42 Å². The van der Waals surface area contributed by atoms with Crippen molar-refractivity contribution in [1.29, 1.82) is 0 Å². The van der Waals surface area contributed by atoms with Crippen LogP contribution in [0.2, 0.25) is 0 Å². The van der Waals surface area contributed by atoms with Crippen molar-refractivity contribution < 1.29 is 4.79 Å². The molecule has 84 valence electrons. The first kappa shape index (κ1) is 12.1. The van der Waals surface area contributed by atoms with Gasteiger partial charge in [0.15, 0.2) is 0 Å². The molecule has 2 heteroatoms. The maximum atomic E-state index is 11.2. The quantitative estimate of drug-likeness (QED) is 0.689. The Morgan fingerprint density at radius 3 is 2.73 bits per heavy atom. The van der Waals surface area contributed by atoms with Crippen LogP contribution in [0.25, 0.3) is 0 Å². The minimum atomic E-state index is 0.101.